The van der Waals surface area contributed by atoms with Crippen molar-refractivity contribution in [2.75, 3.05) is 0 Å². The number of rotatable bonds is 5. The van der Waals surface area contributed by atoms with Crippen molar-refractivity contribution in [2.24, 2.45) is 5.14 Å². The summed E-state index contributed by atoms with van der Waals surface area (Å²) in [6.45, 7) is 3.37. The van der Waals surface area contributed by atoms with Gasteiger partial charge in [0.15, 0.2) is 0 Å². The Bertz CT molecular complexity index is 966. The molecule has 0 radical (unpaired) electrons. The van der Waals surface area contributed by atoms with Gasteiger partial charge in [-0.05, 0) is 44.2 Å². The first-order valence-electron chi connectivity index (χ1n) is 7.01. The first-order chi connectivity index (χ1) is 11.4. The van der Waals surface area contributed by atoms with E-state index >= 15 is 0 Å². The lowest BCUT2D eigenvalue weighted by Crippen LogP contribution is -2.16. The average Bonchev–Trinajstić information content (AvgIpc) is 2.46. The van der Waals surface area contributed by atoms with Crippen molar-refractivity contribution in [1.29, 1.82) is 0 Å². The molecule has 0 heterocycles. The third kappa shape index (κ3) is 4.34. The number of benzene rings is 2. The van der Waals surface area contributed by atoms with Crippen LogP contribution in [0.3, 0.4) is 0 Å². The third-order valence-electron chi connectivity index (χ3n) is 3.15. The molecular formula is C15H16FNO6S2. The van der Waals surface area contributed by atoms with Crippen LogP contribution in [0.2, 0.25) is 0 Å². The maximum atomic E-state index is 13.8. The molecule has 25 heavy (non-hydrogen) atoms. The van der Waals surface area contributed by atoms with Gasteiger partial charge in [0.1, 0.15) is 16.5 Å². The van der Waals surface area contributed by atoms with E-state index in [0.717, 1.165) is 30.3 Å². The van der Waals surface area contributed by atoms with Crippen LogP contribution >= 0.6 is 0 Å². The molecule has 0 saturated heterocycles. The molecule has 0 amide bonds. The van der Waals surface area contributed by atoms with E-state index in [4.69, 9.17) is 9.88 Å². The van der Waals surface area contributed by atoms with Crippen LogP contribution in [0.15, 0.2) is 46.2 Å². The van der Waals surface area contributed by atoms with Crippen molar-refractivity contribution in [2.45, 2.75) is 29.7 Å². The van der Waals surface area contributed by atoms with Gasteiger partial charge in [-0.15, -0.1) is 0 Å². The van der Waals surface area contributed by atoms with Gasteiger partial charge in [0.2, 0.25) is 10.0 Å². The highest BCUT2D eigenvalue weighted by molar-refractivity contribution is 7.89. The minimum Gasteiger partial charge on any atom is -0.490 e. The Kier molecular flexibility index (Phi) is 5.19. The van der Waals surface area contributed by atoms with Gasteiger partial charge in [0, 0.05) is 11.1 Å². The lowest BCUT2D eigenvalue weighted by atomic mass is 10.0. The van der Waals surface area contributed by atoms with Crippen LogP contribution in [0, 0.1) is 5.82 Å². The second kappa shape index (κ2) is 6.71. The van der Waals surface area contributed by atoms with Crippen LogP contribution < -0.4 is 9.88 Å². The number of nitrogens with two attached hydrogens (primary N) is 1. The van der Waals surface area contributed by atoms with Crippen molar-refractivity contribution >= 4 is 20.1 Å². The maximum absolute atomic E-state index is 13.8. The van der Waals surface area contributed by atoms with E-state index in [1.165, 1.54) is 6.07 Å². The summed E-state index contributed by atoms with van der Waals surface area (Å²) in [7, 11) is -9.20. The van der Waals surface area contributed by atoms with Crippen molar-refractivity contribution < 1.29 is 30.5 Å². The highest BCUT2D eigenvalue weighted by Gasteiger charge is 2.27. The molecule has 0 unspecified atom stereocenters. The van der Waals surface area contributed by atoms with E-state index in [-0.39, 0.29) is 17.4 Å². The van der Waals surface area contributed by atoms with E-state index < -0.39 is 41.3 Å². The zero-order chi connectivity index (χ0) is 19.0. The fraction of sp³-hybridized carbons (Fsp3) is 0.200. The van der Waals surface area contributed by atoms with Crippen LogP contribution in [0.5, 0.6) is 5.75 Å². The van der Waals surface area contributed by atoms with Gasteiger partial charge in [-0.1, -0.05) is 6.07 Å². The van der Waals surface area contributed by atoms with Gasteiger partial charge >= 0.3 is 0 Å². The first-order valence-corrected chi connectivity index (χ1v) is 10.00. The Morgan fingerprint density at radius 2 is 1.68 bits per heavy atom. The quantitative estimate of drug-likeness (QED) is 0.756. The Morgan fingerprint density at radius 3 is 2.20 bits per heavy atom. The summed E-state index contributed by atoms with van der Waals surface area (Å²) in [5.41, 5.74) is -0.617. The van der Waals surface area contributed by atoms with Crippen molar-refractivity contribution in [3.8, 4) is 16.9 Å². The molecule has 0 aliphatic heterocycles. The summed E-state index contributed by atoms with van der Waals surface area (Å²) < 4.78 is 76.0. The molecule has 7 nitrogen and oxygen atoms in total. The minimum absolute atomic E-state index is 0.0393. The van der Waals surface area contributed by atoms with Crippen LogP contribution in [0.4, 0.5) is 4.39 Å². The van der Waals surface area contributed by atoms with Gasteiger partial charge in [-0.2, -0.15) is 8.42 Å². The SMILES string of the molecule is CC(C)Oc1ccc(F)cc1-c1c(S(N)(=O)=O)cccc1S(=O)(=O)O. The highest BCUT2D eigenvalue weighted by atomic mass is 32.2. The smallest absolute Gasteiger partial charge is 0.295 e. The molecule has 0 aliphatic rings. The van der Waals surface area contributed by atoms with E-state index in [2.05, 4.69) is 0 Å². The van der Waals surface area contributed by atoms with Crippen LogP contribution in [-0.2, 0) is 20.1 Å². The largest absolute Gasteiger partial charge is 0.490 e. The third-order valence-corrected chi connectivity index (χ3v) is 5.00. The van der Waals surface area contributed by atoms with Gasteiger partial charge < -0.3 is 4.74 Å². The van der Waals surface area contributed by atoms with Gasteiger partial charge in [-0.25, -0.2) is 17.9 Å². The molecule has 10 heteroatoms. The molecule has 0 fully saturated rings. The van der Waals surface area contributed by atoms with Crippen molar-refractivity contribution in [3.63, 3.8) is 0 Å². The molecule has 0 atom stereocenters. The Balaban J connectivity index is 2.98. The first kappa shape index (κ1) is 19.3. The van der Waals surface area contributed by atoms with Crippen LogP contribution in [-0.4, -0.2) is 27.5 Å². The number of hydrogen-bond acceptors (Lipinski definition) is 5. The average molecular weight is 389 g/mol. The lowest BCUT2D eigenvalue weighted by molar-refractivity contribution is 0.243. The summed E-state index contributed by atoms with van der Waals surface area (Å²) in [5.74, 6) is -0.714. The summed E-state index contributed by atoms with van der Waals surface area (Å²) in [4.78, 5) is -1.31. The standard InChI is InChI=1S/C15H16FNO6S2/c1-9(2)23-12-7-6-10(16)8-11(12)15-13(24(17,18)19)4-3-5-14(15)25(20,21)22/h3-9H,1-2H3,(H2,17,18,19)(H,20,21,22). The van der Waals surface area contributed by atoms with E-state index in [0.29, 0.717) is 0 Å². The Morgan fingerprint density at radius 1 is 1.08 bits per heavy atom. The summed E-state index contributed by atoms with van der Waals surface area (Å²) >= 11 is 0. The maximum Gasteiger partial charge on any atom is 0.295 e. The number of sulfonamides is 1. The lowest BCUT2D eigenvalue weighted by Gasteiger charge is -2.18. The number of hydrogen-bond donors (Lipinski definition) is 2. The molecule has 3 N–H and O–H groups in total. The second-order valence-corrected chi connectivity index (χ2v) is 8.38. The van der Waals surface area contributed by atoms with Crippen molar-refractivity contribution in [3.05, 3.63) is 42.2 Å². The molecule has 136 valence electrons. The fourth-order valence-electron chi connectivity index (χ4n) is 2.28. The minimum atomic E-state index is -4.82. The monoisotopic (exact) mass is 389 g/mol. The molecule has 0 aromatic heterocycles. The summed E-state index contributed by atoms with van der Waals surface area (Å²) in [6, 6.07) is 6.38. The van der Waals surface area contributed by atoms with Gasteiger partial charge in [-0.3, -0.25) is 4.55 Å². The second-order valence-electron chi connectivity index (χ2n) is 5.46. The summed E-state index contributed by atoms with van der Waals surface area (Å²) in [6.07, 6.45) is -0.361. The number of halogens is 1. The Hall–Kier alpha value is -2.01. The zero-order valence-corrected chi connectivity index (χ0v) is 14.9. The summed E-state index contributed by atoms with van der Waals surface area (Å²) in [5, 5.41) is 5.16. The molecular weight excluding hydrogens is 373 g/mol. The van der Waals surface area contributed by atoms with E-state index in [9.17, 15) is 25.8 Å². The van der Waals surface area contributed by atoms with Crippen molar-refractivity contribution in [1.82, 2.24) is 0 Å². The number of ether oxygens (including phenoxy) is 1. The zero-order valence-electron chi connectivity index (χ0n) is 13.3. The molecule has 0 bridgehead atoms. The van der Waals surface area contributed by atoms with E-state index in [1.807, 2.05) is 0 Å². The molecule has 2 aromatic rings. The molecule has 2 rings (SSSR count). The predicted octanol–water partition coefficient (Wildman–Crippen LogP) is 2.17. The predicted molar refractivity (Wildman–Crippen MR) is 88.8 cm³/mol. The van der Waals surface area contributed by atoms with Crippen LogP contribution in [0.25, 0.3) is 11.1 Å². The topological polar surface area (TPSA) is 124 Å². The molecule has 0 spiro atoms. The molecule has 0 aliphatic carbocycles. The van der Waals surface area contributed by atoms with E-state index in [1.54, 1.807) is 13.8 Å². The van der Waals surface area contributed by atoms with Gasteiger partial charge in [0.05, 0.1) is 11.0 Å². The molecule has 2 aromatic carbocycles. The van der Waals surface area contributed by atoms with Gasteiger partial charge in [0.25, 0.3) is 10.1 Å². The highest BCUT2D eigenvalue weighted by Crippen LogP contribution is 2.39. The fourth-order valence-corrected chi connectivity index (χ4v) is 3.85. The number of primary sulfonamides is 1. The molecule has 0 saturated carbocycles. The normalized spacial score (nSPS) is 12.4. The Labute approximate surface area is 145 Å². The van der Waals surface area contributed by atoms with Crippen LogP contribution in [0.1, 0.15) is 13.8 Å².